The number of aliphatic carboxylic acids is 1. The van der Waals surface area contributed by atoms with E-state index in [4.69, 9.17) is 22.6 Å². The maximum Gasteiger partial charge on any atom is 0.326 e. The fourth-order valence-corrected chi connectivity index (χ4v) is 5.07. The van der Waals surface area contributed by atoms with Crippen LogP contribution >= 0.6 is 0 Å². The van der Waals surface area contributed by atoms with Gasteiger partial charge in [-0.25, -0.2) is 4.79 Å². The second-order valence-corrected chi connectivity index (χ2v) is 12.0. The van der Waals surface area contributed by atoms with E-state index >= 15 is 0 Å². The Balaban J connectivity index is 2.27. The number of carboxylic acids is 1. The third kappa shape index (κ3) is 12.5. The van der Waals surface area contributed by atoms with Gasteiger partial charge in [-0.2, -0.15) is 0 Å². The van der Waals surface area contributed by atoms with E-state index < -0.39 is 59.8 Å². The van der Waals surface area contributed by atoms with Gasteiger partial charge in [0.25, 0.3) is 0 Å². The molecule has 2 aromatic rings. The number of hydrogen-bond acceptors (Lipinski definition) is 8. The number of para-hydroxylation sites is 1. The van der Waals surface area contributed by atoms with Gasteiger partial charge < -0.3 is 53.9 Å². The number of carbonyl (C=O) groups is 5. The molecule has 0 radical (unpaired) electrons. The number of carbonyl (C=O) groups excluding carboxylic acids is 4. The number of carboxylic acid groups (broad SMARTS) is 1. The number of fused-ring (bicyclic) bond motifs is 1. The highest BCUT2D eigenvalue weighted by Gasteiger charge is 2.34. The molecule has 0 unspecified atom stereocenters. The first-order valence-corrected chi connectivity index (χ1v) is 16.3. The number of aromatic nitrogens is 1. The summed E-state index contributed by atoms with van der Waals surface area (Å²) in [5, 5.41) is 31.1. The Morgan fingerprint density at radius 1 is 0.875 bits per heavy atom. The maximum absolute atomic E-state index is 13.8. The van der Waals surface area contributed by atoms with Crippen LogP contribution in [-0.4, -0.2) is 88.9 Å². The zero-order valence-corrected chi connectivity index (χ0v) is 27.9. The number of nitrogens with two attached hydrogens (primary N) is 3. The van der Waals surface area contributed by atoms with Crippen LogP contribution in [0.15, 0.2) is 30.5 Å². The van der Waals surface area contributed by atoms with E-state index in [-0.39, 0.29) is 37.7 Å². The molecule has 0 saturated carbocycles. The molecule has 0 saturated heterocycles. The molecule has 0 spiro atoms. The molecule has 0 bridgehead atoms. The van der Waals surface area contributed by atoms with Crippen molar-refractivity contribution in [2.45, 2.75) is 95.9 Å². The van der Waals surface area contributed by atoms with Gasteiger partial charge in [-0.15, -0.1) is 0 Å². The van der Waals surface area contributed by atoms with E-state index in [0.29, 0.717) is 32.2 Å². The predicted octanol–water partition coefficient (Wildman–Crippen LogP) is -0.480. The summed E-state index contributed by atoms with van der Waals surface area (Å²) < 4.78 is 0. The lowest BCUT2D eigenvalue weighted by Gasteiger charge is -2.29. The highest BCUT2D eigenvalue weighted by Crippen LogP contribution is 2.20. The third-order valence-corrected chi connectivity index (χ3v) is 8.12. The van der Waals surface area contributed by atoms with Crippen molar-refractivity contribution in [3.63, 3.8) is 0 Å². The van der Waals surface area contributed by atoms with Crippen LogP contribution < -0.4 is 43.8 Å². The molecular weight excluding hydrogens is 620 g/mol. The number of hydrogen-bond donors (Lipinski definition) is 11. The van der Waals surface area contributed by atoms with Crippen LogP contribution in [0.25, 0.3) is 10.9 Å². The number of nitrogens with one attached hydrogen (secondary N) is 7. The zero-order valence-electron chi connectivity index (χ0n) is 27.9. The van der Waals surface area contributed by atoms with Crippen LogP contribution in [0.2, 0.25) is 0 Å². The van der Waals surface area contributed by atoms with Crippen LogP contribution in [0.4, 0.5) is 0 Å². The minimum absolute atomic E-state index is 0.0569. The molecule has 48 heavy (non-hydrogen) atoms. The van der Waals surface area contributed by atoms with Crippen molar-refractivity contribution in [2.75, 3.05) is 13.1 Å². The van der Waals surface area contributed by atoms with Crippen molar-refractivity contribution < 1.29 is 29.1 Å². The average molecular weight is 673 g/mol. The van der Waals surface area contributed by atoms with Gasteiger partial charge in [-0.1, -0.05) is 38.5 Å². The van der Waals surface area contributed by atoms with E-state index in [1.807, 2.05) is 31.2 Å². The van der Waals surface area contributed by atoms with Crippen molar-refractivity contribution in [1.29, 1.82) is 5.41 Å². The van der Waals surface area contributed by atoms with E-state index in [2.05, 4.69) is 31.6 Å². The Morgan fingerprint density at radius 2 is 1.50 bits per heavy atom. The molecule has 6 atom stereocenters. The summed E-state index contributed by atoms with van der Waals surface area (Å²) in [7, 11) is 0. The summed E-state index contributed by atoms with van der Waals surface area (Å²) in [6, 6.07) is 2.13. The zero-order chi connectivity index (χ0) is 35.8. The topological polar surface area (TPSA) is 283 Å². The second kappa shape index (κ2) is 19.8. The van der Waals surface area contributed by atoms with Gasteiger partial charge in [-0.05, 0) is 63.1 Å². The minimum atomic E-state index is -1.25. The third-order valence-electron chi connectivity index (χ3n) is 8.12. The van der Waals surface area contributed by atoms with Crippen LogP contribution in [0.5, 0.6) is 0 Å². The molecule has 16 nitrogen and oxygen atoms in total. The second-order valence-electron chi connectivity index (χ2n) is 12.0. The Morgan fingerprint density at radius 3 is 2.12 bits per heavy atom. The van der Waals surface area contributed by atoms with Crippen molar-refractivity contribution in [3.05, 3.63) is 36.0 Å². The molecule has 0 fully saturated rings. The molecule has 4 amide bonds. The smallest absolute Gasteiger partial charge is 0.326 e. The van der Waals surface area contributed by atoms with Gasteiger partial charge >= 0.3 is 5.97 Å². The monoisotopic (exact) mass is 672 g/mol. The molecule has 0 aliphatic heterocycles. The Bertz CT molecular complexity index is 1400. The molecule has 2 rings (SSSR count). The van der Waals surface area contributed by atoms with Gasteiger partial charge in [0.15, 0.2) is 5.96 Å². The maximum atomic E-state index is 13.8. The molecule has 1 heterocycles. The van der Waals surface area contributed by atoms with E-state index in [0.717, 1.165) is 16.5 Å². The number of guanidine groups is 1. The lowest BCUT2D eigenvalue weighted by molar-refractivity contribution is -0.142. The Labute approximate surface area is 280 Å². The van der Waals surface area contributed by atoms with E-state index in [1.165, 1.54) is 6.92 Å². The number of H-pyrrole nitrogens is 1. The van der Waals surface area contributed by atoms with Gasteiger partial charge in [0, 0.05) is 30.1 Å². The van der Waals surface area contributed by atoms with Crippen molar-refractivity contribution >= 4 is 46.5 Å². The minimum Gasteiger partial charge on any atom is -0.480 e. The first-order valence-electron chi connectivity index (χ1n) is 16.3. The molecular formula is C32H52N10O6. The van der Waals surface area contributed by atoms with Crippen LogP contribution in [0.1, 0.15) is 64.9 Å². The number of rotatable bonds is 21. The number of aromatic amines is 1. The number of amides is 4. The normalized spacial score (nSPS) is 14.9. The predicted molar refractivity (Wildman–Crippen MR) is 183 cm³/mol. The van der Waals surface area contributed by atoms with E-state index in [1.54, 1.807) is 13.1 Å². The van der Waals surface area contributed by atoms with Crippen molar-refractivity contribution in [1.82, 2.24) is 31.6 Å². The molecule has 1 aromatic heterocycles. The first kappa shape index (κ1) is 39.5. The molecule has 266 valence electrons. The molecule has 0 aliphatic carbocycles. The molecule has 0 aliphatic rings. The van der Waals surface area contributed by atoms with Crippen LogP contribution in [0, 0.1) is 11.3 Å². The summed E-state index contributed by atoms with van der Waals surface area (Å²) in [4.78, 5) is 68.6. The summed E-state index contributed by atoms with van der Waals surface area (Å²) in [5.74, 6) is -4.35. The molecule has 14 N–H and O–H groups in total. The SMILES string of the molecule is CC[C@H](C)[C@H](NC(=O)[C@H](Cc1c[nH]c2ccccc12)NC(=O)[C@H](C)N)C(=O)N[C@@H](CCCCN)C(=O)N[C@@H](CCCNC(=N)N)C(=O)O. The Kier molecular flexibility index (Phi) is 16.3. The summed E-state index contributed by atoms with van der Waals surface area (Å²) in [6.07, 6.45) is 3.97. The Hall–Kier alpha value is -4.70. The lowest BCUT2D eigenvalue weighted by Crippen LogP contribution is -2.60. The van der Waals surface area contributed by atoms with Gasteiger partial charge in [0.2, 0.25) is 23.6 Å². The fraction of sp³-hybridized carbons (Fsp3) is 0.562. The van der Waals surface area contributed by atoms with Gasteiger partial charge in [-0.3, -0.25) is 24.6 Å². The summed E-state index contributed by atoms with van der Waals surface area (Å²) >= 11 is 0. The van der Waals surface area contributed by atoms with Crippen LogP contribution in [0.3, 0.4) is 0 Å². The van der Waals surface area contributed by atoms with Crippen molar-refractivity contribution in [2.24, 2.45) is 23.1 Å². The highest BCUT2D eigenvalue weighted by molar-refractivity contribution is 5.96. The first-order chi connectivity index (χ1) is 22.8. The van der Waals surface area contributed by atoms with Gasteiger partial charge in [0.05, 0.1) is 6.04 Å². The number of unbranched alkanes of at least 4 members (excludes halogenated alkanes) is 1. The molecule has 16 heteroatoms. The average Bonchev–Trinajstić information content (AvgIpc) is 3.45. The number of benzene rings is 1. The highest BCUT2D eigenvalue weighted by atomic mass is 16.4. The van der Waals surface area contributed by atoms with E-state index in [9.17, 15) is 29.1 Å². The van der Waals surface area contributed by atoms with Crippen LogP contribution in [-0.2, 0) is 30.4 Å². The molecule has 1 aromatic carbocycles. The largest absolute Gasteiger partial charge is 0.480 e. The lowest BCUT2D eigenvalue weighted by atomic mass is 9.96. The van der Waals surface area contributed by atoms with Gasteiger partial charge in [0.1, 0.15) is 24.2 Å². The summed E-state index contributed by atoms with van der Waals surface area (Å²) in [6.45, 7) is 5.73. The van der Waals surface area contributed by atoms with Crippen molar-refractivity contribution in [3.8, 4) is 0 Å². The standard InChI is InChI=1S/C32H52N10O6/c1-4-18(2)26(42-29(45)25(41-27(43)19(3)34)16-20-17-38-22-11-6-5-10-21(20)22)30(46)39-23(12-7-8-14-33)28(44)40-24(31(47)48)13-9-15-37-32(35)36/h5-6,10-11,17-19,23-26,38H,4,7-9,12-16,33-34H2,1-3H3,(H,39,46)(H,40,44)(H,41,43)(H,42,45)(H,47,48)(H4,35,36,37)/t18-,19-,23-,24-,25-,26-/m0/s1. The fourth-order valence-electron chi connectivity index (χ4n) is 5.07. The summed E-state index contributed by atoms with van der Waals surface area (Å²) in [5.41, 5.74) is 18.3. The quantitative estimate of drug-likeness (QED) is 0.0460.